The zero-order chi connectivity index (χ0) is 35.9. The Balaban J connectivity index is 0.000000530. The molecule has 1 aromatic heterocycles. The Morgan fingerprint density at radius 1 is 0.750 bits per heavy atom. The first-order chi connectivity index (χ1) is 24.4. The molecular weight excluding hydrogens is 815 g/mol. The molecule has 6 aromatic rings. The molecule has 267 valence electrons. The van der Waals surface area contributed by atoms with E-state index in [0.29, 0.717) is 0 Å². The van der Waals surface area contributed by atoms with Gasteiger partial charge in [0, 0.05) is 39.3 Å². The van der Waals surface area contributed by atoms with Gasteiger partial charge in [0.05, 0.1) is 5.76 Å². The SMILES string of the molecule is C/C(O)=C/C(C)[OH2+].CC1(C)c2c[c-]c(-c3nccc4cc5c(cc34)CCCC5)cc2C(C)(C)c2cc(-c3ccccc3)c(-c3ccccc3)cc21.[Ir]. The molecule has 3 nitrogen and oxygen atoms in total. The first kappa shape index (κ1) is 37.4. The molecule has 52 heavy (non-hydrogen) atoms. The molecule has 0 fully saturated rings. The van der Waals surface area contributed by atoms with Gasteiger partial charge in [-0.2, -0.15) is 0 Å². The van der Waals surface area contributed by atoms with E-state index >= 15 is 0 Å². The Labute approximate surface area is 322 Å². The number of benzene rings is 5. The van der Waals surface area contributed by atoms with Crippen molar-refractivity contribution in [3.8, 4) is 33.5 Å². The van der Waals surface area contributed by atoms with Crippen molar-refractivity contribution >= 4 is 10.8 Å². The van der Waals surface area contributed by atoms with Crippen LogP contribution < -0.4 is 0 Å². The second kappa shape index (κ2) is 15.0. The Morgan fingerprint density at radius 2 is 1.27 bits per heavy atom. The maximum atomic E-state index is 8.46. The van der Waals surface area contributed by atoms with Crippen molar-refractivity contribution in [3.63, 3.8) is 0 Å². The summed E-state index contributed by atoms with van der Waals surface area (Å²) in [6.45, 7) is 12.8. The second-order valence-electron chi connectivity index (χ2n) is 15.4. The summed E-state index contributed by atoms with van der Waals surface area (Å²) in [6, 6.07) is 42.1. The summed E-state index contributed by atoms with van der Waals surface area (Å²) in [5.74, 6) is 0.225. The normalized spacial score (nSPS) is 15.9. The van der Waals surface area contributed by atoms with Crippen LogP contribution in [0.4, 0.5) is 0 Å². The molecule has 0 amide bonds. The average molecular weight is 864 g/mol. The zero-order valence-electron chi connectivity index (χ0n) is 31.1. The summed E-state index contributed by atoms with van der Waals surface area (Å²) in [5.41, 5.74) is 15.3. The molecule has 0 spiro atoms. The smallest absolute Gasteiger partial charge is 0.173 e. The standard InChI is InChI=1S/C43H38N.C5H10O2.Ir/c1-42(2)37-20-19-33(41-36-24-31-18-12-11-17-30(31)23-32(36)21-22-44-41)25-38(37)43(3,4)40-27-35(29-15-9-6-10-16-29)34(26-39(40)42)28-13-7-5-8-14-28;1-4(6)3-5(2)7;/h5-10,13-16,20-27H,11-12,17-18H2,1-4H3;3-4,6-7H,1-2H3;/q-1;;/p+1/b;5-3-;. The molecule has 5 aromatic carbocycles. The fraction of sp³-hybridized carbons (Fsp3) is 0.271. The number of aliphatic hydroxyl groups is 1. The van der Waals surface area contributed by atoms with Gasteiger partial charge in [-0.05, 0) is 117 Å². The monoisotopic (exact) mass is 864 g/mol. The third-order valence-electron chi connectivity index (χ3n) is 10.9. The number of nitrogens with zero attached hydrogens (tertiary/aromatic N) is 1. The van der Waals surface area contributed by atoms with Gasteiger partial charge in [-0.3, -0.25) is 0 Å². The molecule has 4 heteroatoms. The second-order valence-corrected chi connectivity index (χ2v) is 15.4. The predicted molar refractivity (Wildman–Crippen MR) is 214 cm³/mol. The van der Waals surface area contributed by atoms with E-state index in [0.717, 1.165) is 11.3 Å². The Hall–Kier alpha value is -4.34. The number of allylic oxidation sites excluding steroid dienone is 1. The molecule has 0 saturated carbocycles. The molecule has 0 aliphatic heterocycles. The molecule has 3 N–H and O–H groups in total. The number of rotatable bonds is 4. The van der Waals surface area contributed by atoms with Crippen molar-refractivity contribution in [1.82, 2.24) is 4.98 Å². The molecule has 1 unspecified atom stereocenters. The van der Waals surface area contributed by atoms with Crippen molar-refractivity contribution < 1.29 is 30.3 Å². The Kier molecular flexibility index (Phi) is 10.8. The van der Waals surface area contributed by atoms with Crippen LogP contribution in [-0.2, 0) is 43.8 Å². The van der Waals surface area contributed by atoms with Crippen molar-refractivity contribution in [1.29, 1.82) is 0 Å². The van der Waals surface area contributed by atoms with Crippen LogP contribution in [0.25, 0.3) is 44.3 Å². The molecular formula is C48H49IrNO2. The van der Waals surface area contributed by atoms with Gasteiger partial charge in [0.2, 0.25) is 0 Å². The minimum atomic E-state index is -0.287. The van der Waals surface area contributed by atoms with Gasteiger partial charge in [0.25, 0.3) is 0 Å². The first-order valence-corrected chi connectivity index (χ1v) is 18.3. The van der Waals surface area contributed by atoms with Crippen LogP contribution in [0.15, 0.2) is 121 Å². The van der Waals surface area contributed by atoms with Crippen molar-refractivity contribution in [2.24, 2.45) is 0 Å². The van der Waals surface area contributed by atoms with Crippen molar-refractivity contribution in [3.05, 3.63) is 161 Å². The predicted octanol–water partition coefficient (Wildman–Crippen LogP) is 11.4. The van der Waals surface area contributed by atoms with E-state index in [4.69, 9.17) is 15.2 Å². The van der Waals surface area contributed by atoms with Crippen LogP contribution in [0.1, 0.15) is 87.8 Å². The van der Waals surface area contributed by atoms with E-state index in [-0.39, 0.29) is 42.8 Å². The fourth-order valence-corrected chi connectivity index (χ4v) is 8.29. The molecule has 1 atom stereocenters. The van der Waals surface area contributed by atoms with Gasteiger partial charge in [0.1, 0.15) is 0 Å². The van der Waals surface area contributed by atoms with E-state index in [9.17, 15) is 0 Å². The number of hydrogen-bond acceptors (Lipinski definition) is 2. The van der Waals surface area contributed by atoms with Crippen LogP contribution in [0.5, 0.6) is 0 Å². The van der Waals surface area contributed by atoms with Crippen molar-refractivity contribution in [2.45, 2.75) is 84.2 Å². The van der Waals surface area contributed by atoms with E-state index in [1.54, 1.807) is 13.8 Å². The van der Waals surface area contributed by atoms with E-state index in [1.165, 1.54) is 98.2 Å². The minimum absolute atomic E-state index is 0. The summed E-state index contributed by atoms with van der Waals surface area (Å²) in [6.07, 6.45) is 8.08. The van der Waals surface area contributed by atoms with Gasteiger partial charge in [0.15, 0.2) is 6.10 Å². The largest absolute Gasteiger partial charge is 0.513 e. The summed E-state index contributed by atoms with van der Waals surface area (Å²) in [4.78, 5) is 4.97. The minimum Gasteiger partial charge on any atom is -0.513 e. The number of aliphatic hydroxyl groups excluding tert-OH is 1. The van der Waals surface area contributed by atoms with Crippen LogP contribution in [-0.4, -0.2) is 21.3 Å². The number of aromatic nitrogens is 1. The zero-order valence-corrected chi connectivity index (χ0v) is 33.5. The molecule has 2 aliphatic rings. The molecule has 8 rings (SSSR count). The van der Waals surface area contributed by atoms with E-state index < -0.39 is 0 Å². The Bertz CT molecular complexity index is 2250. The summed E-state index contributed by atoms with van der Waals surface area (Å²) < 4.78 is 0. The van der Waals surface area contributed by atoms with Crippen LogP contribution in [0, 0.1) is 6.07 Å². The van der Waals surface area contributed by atoms with Crippen molar-refractivity contribution in [2.75, 3.05) is 0 Å². The number of fused-ring (bicyclic) bond motifs is 4. The number of hydrogen-bond donors (Lipinski definition) is 1. The van der Waals surface area contributed by atoms with E-state index in [2.05, 4.69) is 137 Å². The molecule has 1 heterocycles. The van der Waals surface area contributed by atoms with Crippen LogP contribution >= 0.6 is 0 Å². The quantitative estimate of drug-likeness (QED) is 0.109. The third-order valence-corrected chi connectivity index (χ3v) is 10.9. The summed E-state index contributed by atoms with van der Waals surface area (Å²) in [5, 5.41) is 17.9. The first-order valence-electron chi connectivity index (χ1n) is 18.3. The van der Waals surface area contributed by atoms with Gasteiger partial charge < -0.3 is 15.2 Å². The molecule has 2 aliphatic carbocycles. The Morgan fingerprint density at radius 3 is 1.79 bits per heavy atom. The maximum absolute atomic E-state index is 8.46. The average Bonchev–Trinajstić information content (AvgIpc) is 3.13. The van der Waals surface area contributed by atoms with Gasteiger partial charge >= 0.3 is 0 Å². The van der Waals surface area contributed by atoms with Gasteiger partial charge in [-0.15, -0.1) is 34.9 Å². The maximum Gasteiger partial charge on any atom is 0.173 e. The number of pyridine rings is 1. The van der Waals surface area contributed by atoms with E-state index in [1.807, 2.05) is 6.20 Å². The topological polar surface area (TPSA) is 56.0 Å². The molecule has 1 radical (unpaired) electrons. The third kappa shape index (κ3) is 7.05. The molecule has 0 saturated heterocycles. The summed E-state index contributed by atoms with van der Waals surface area (Å²) >= 11 is 0. The van der Waals surface area contributed by atoms with Crippen LogP contribution in [0.3, 0.4) is 0 Å². The fourth-order valence-electron chi connectivity index (χ4n) is 8.29. The summed E-state index contributed by atoms with van der Waals surface area (Å²) in [7, 11) is 0. The van der Waals surface area contributed by atoms with Gasteiger partial charge in [-0.1, -0.05) is 107 Å². The van der Waals surface area contributed by atoms with Crippen LogP contribution in [0.2, 0.25) is 0 Å². The number of aryl methyl sites for hydroxylation is 2. The molecule has 0 bridgehead atoms. The van der Waals surface area contributed by atoms with Gasteiger partial charge in [-0.25, -0.2) is 0 Å².